The van der Waals surface area contributed by atoms with Crippen LogP contribution >= 0.6 is 0 Å². The number of para-hydroxylation sites is 1. The molecule has 0 heterocycles. The molecule has 0 aromatic heterocycles. The van der Waals surface area contributed by atoms with Gasteiger partial charge in [-0.25, -0.2) is 0 Å². The molecule has 0 aliphatic carbocycles. The molecule has 17 heavy (non-hydrogen) atoms. The van der Waals surface area contributed by atoms with Crippen LogP contribution < -0.4 is 10.6 Å². The van der Waals surface area contributed by atoms with Gasteiger partial charge in [0.15, 0.2) is 11.5 Å². The summed E-state index contributed by atoms with van der Waals surface area (Å²) >= 11 is 0. The number of phenolic OH excluding ortho intramolecular Hbond substituents is 2. The fourth-order valence-corrected chi connectivity index (χ4v) is 1.40. The third kappa shape index (κ3) is 3.96. The van der Waals surface area contributed by atoms with Crippen LogP contribution in [0.3, 0.4) is 0 Å². The van der Waals surface area contributed by atoms with Gasteiger partial charge in [0.05, 0.1) is 5.56 Å². The Bertz CT molecular complexity index is 380. The number of carbonyl (C=O) groups excluding carboxylic acids is 1. The van der Waals surface area contributed by atoms with Gasteiger partial charge in [-0.1, -0.05) is 13.0 Å². The molecule has 1 amide bonds. The molecule has 0 spiro atoms. The first-order chi connectivity index (χ1) is 8.16. The Morgan fingerprint density at radius 1 is 1.29 bits per heavy atom. The first-order valence-corrected chi connectivity index (χ1v) is 5.66. The zero-order valence-corrected chi connectivity index (χ0v) is 9.86. The Hall–Kier alpha value is -1.75. The van der Waals surface area contributed by atoms with Crippen LogP contribution in [0.25, 0.3) is 0 Å². The molecule has 0 aliphatic heterocycles. The molecule has 94 valence electrons. The lowest BCUT2D eigenvalue weighted by atomic mass is 10.1. The Morgan fingerprint density at radius 2 is 2.06 bits per heavy atom. The maximum Gasteiger partial charge on any atom is 0.255 e. The van der Waals surface area contributed by atoms with Crippen molar-refractivity contribution < 1.29 is 15.0 Å². The lowest BCUT2D eigenvalue weighted by Gasteiger charge is -2.07. The number of nitrogens with one attached hydrogen (secondary N) is 2. The molecular weight excluding hydrogens is 220 g/mol. The van der Waals surface area contributed by atoms with Crippen molar-refractivity contribution in [3.05, 3.63) is 23.8 Å². The predicted octanol–water partition coefficient (Wildman–Crippen LogP) is 0.827. The monoisotopic (exact) mass is 238 g/mol. The first-order valence-electron chi connectivity index (χ1n) is 5.66. The third-order valence-corrected chi connectivity index (χ3v) is 2.33. The van der Waals surface area contributed by atoms with Gasteiger partial charge < -0.3 is 20.8 Å². The summed E-state index contributed by atoms with van der Waals surface area (Å²) in [5.74, 6) is -1.04. The maximum atomic E-state index is 11.6. The highest BCUT2D eigenvalue weighted by molar-refractivity contribution is 5.97. The van der Waals surface area contributed by atoms with Crippen molar-refractivity contribution in [1.29, 1.82) is 0 Å². The summed E-state index contributed by atoms with van der Waals surface area (Å²) in [6.45, 7) is 4.29. The van der Waals surface area contributed by atoms with Gasteiger partial charge >= 0.3 is 0 Å². The Balaban J connectivity index is 2.44. The van der Waals surface area contributed by atoms with E-state index in [-0.39, 0.29) is 23.0 Å². The number of aromatic hydroxyl groups is 2. The molecular formula is C12H18N2O3. The summed E-state index contributed by atoms with van der Waals surface area (Å²) in [4.78, 5) is 11.6. The van der Waals surface area contributed by atoms with E-state index in [9.17, 15) is 15.0 Å². The molecule has 0 fully saturated rings. The van der Waals surface area contributed by atoms with Crippen molar-refractivity contribution in [3.8, 4) is 11.5 Å². The van der Waals surface area contributed by atoms with Crippen LogP contribution in [0.2, 0.25) is 0 Å². The van der Waals surface area contributed by atoms with E-state index < -0.39 is 0 Å². The molecule has 0 saturated heterocycles. The van der Waals surface area contributed by atoms with Crippen LogP contribution in [0.1, 0.15) is 23.7 Å². The lowest BCUT2D eigenvalue weighted by Crippen LogP contribution is -2.27. The van der Waals surface area contributed by atoms with Gasteiger partial charge in [-0.3, -0.25) is 4.79 Å². The van der Waals surface area contributed by atoms with E-state index in [0.717, 1.165) is 19.5 Å². The zero-order valence-electron chi connectivity index (χ0n) is 9.86. The van der Waals surface area contributed by atoms with Crippen molar-refractivity contribution in [2.75, 3.05) is 19.6 Å². The van der Waals surface area contributed by atoms with Crippen LogP contribution in [-0.4, -0.2) is 35.8 Å². The standard InChI is InChI=1S/C12H18N2O3/c1-2-13-7-4-8-14-12(17)9-5-3-6-10(15)11(9)16/h3,5-6,13,15-16H,2,4,7-8H2,1H3,(H,14,17). The third-order valence-electron chi connectivity index (χ3n) is 2.33. The van der Waals surface area contributed by atoms with Gasteiger partial charge in [-0.2, -0.15) is 0 Å². The van der Waals surface area contributed by atoms with Crippen molar-refractivity contribution in [2.24, 2.45) is 0 Å². The number of benzene rings is 1. The molecule has 0 radical (unpaired) electrons. The van der Waals surface area contributed by atoms with E-state index in [2.05, 4.69) is 10.6 Å². The van der Waals surface area contributed by atoms with Crippen LogP contribution in [-0.2, 0) is 0 Å². The van der Waals surface area contributed by atoms with E-state index in [0.29, 0.717) is 6.54 Å². The van der Waals surface area contributed by atoms with Crippen LogP contribution in [0.15, 0.2) is 18.2 Å². The Labute approximate surface area is 100 Å². The van der Waals surface area contributed by atoms with Gasteiger partial charge in [-0.05, 0) is 31.6 Å². The average molecular weight is 238 g/mol. The topological polar surface area (TPSA) is 81.6 Å². The molecule has 4 N–H and O–H groups in total. The highest BCUT2D eigenvalue weighted by atomic mass is 16.3. The maximum absolute atomic E-state index is 11.6. The number of hydrogen-bond acceptors (Lipinski definition) is 4. The molecule has 1 rings (SSSR count). The number of phenols is 2. The Kier molecular flexibility index (Phi) is 5.29. The van der Waals surface area contributed by atoms with Gasteiger partial charge in [0.1, 0.15) is 0 Å². The number of hydrogen-bond donors (Lipinski definition) is 4. The molecule has 0 aliphatic rings. The molecule has 5 heteroatoms. The second kappa shape index (κ2) is 6.75. The van der Waals surface area contributed by atoms with Crippen molar-refractivity contribution in [2.45, 2.75) is 13.3 Å². The molecule has 0 bridgehead atoms. The largest absolute Gasteiger partial charge is 0.504 e. The van der Waals surface area contributed by atoms with Crippen molar-refractivity contribution >= 4 is 5.91 Å². The second-order valence-electron chi connectivity index (χ2n) is 3.64. The number of carbonyl (C=O) groups is 1. The quantitative estimate of drug-likeness (QED) is 0.437. The van der Waals surface area contributed by atoms with E-state index in [1.54, 1.807) is 0 Å². The molecule has 0 saturated carbocycles. The number of amides is 1. The van der Waals surface area contributed by atoms with Gasteiger partial charge in [0, 0.05) is 6.54 Å². The Morgan fingerprint density at radius 3 is 2.76 bits per heavy atom. The molecule has 0 unspecified atom stereocenters. The van der Waals surface area contributed by atoms with E-state index in [4.69, 9.17) is 0 Å². The highest BCUT2D eigenvalue weighted by Gasteiger charge is 2.12. The highest BCUT2D eigenvalue weighted by Crippen LogP contribution is 2.27. The smallest absolute Gasteiger partial charge is 0.255 e. The van der Waals surface area contributed by atoms with Gasteiger partial charge in [0.25, 0.3) is 5.91 Å². The SMILES string of the molecule is CCNCCCNC(=O)c1cccc(O)c1O. The summed E-state index contributed by atoms with van der Waals surface area (Å²) in [7, 11) is 0. The fraction of sp³-hybridized carbons (Fsp3) is 0.417. The minimum atomic E-state index is -0.380. The zero-order chi connectivity index (χ0) is 12.7. The van der Waals surface area contributed by atoms with Crippen LogP contribution in [0, 0.1) is 0 Å². The molecule has 0 atom stereocenters. The molecule has 1 aromatic rings. The summed E-state index contributed by atoms with van der Waals surface area (Å²) in [6, 6.07) is 4.31. The summed E-state index contributed by atoms with van der Waals surface area (Å²) < 4.78 is 0. The van der Waals surface area contributed by atoms with E-state index in [1.807, 2.05) is 6.92 Å². The van der Waals surface area contributed by atoms with Crippen molar-refractivity contribution in [1.82, 2.24) is 10.6 Å². The minimum Gasteiger partial charge on any atom is -0.504 e. The van der Waals surface area contributed by atoms with Crippen molar-refractivity contribution in [3.63, 3.8) is 0 Å². The second-order valence-corrected chi connectivity index (χ2v) is 3.64. The molecule has 5 nitrogen and oxygen atoms in total. The van der Waals surface area contributed by atoms with E-state index in [1.165, 1.54) is 18.2 Å². The van der Waals surface area contributed by atoms with Crippen LogP contribution in [0.5, 0.6) is 11.5 Å². The summed E-state index contributed by atoms with van der Waals surface area (Å²) in [5, 5.41) is 24.6. The van der Waals surface area contributed by atoms with Gasteiger partial charge in [-0.15, -0.1) is 0 Å². The average Bonchev–Trinajstić information content (AvgIpc) is 2.32. The lowest BCUT2D eigenvalue weighted by molar-refractivity contribution is 0.0950. The fourth-order valence-electron chi connectivity index (χ4n) is 1.40. The van der Waals surface area contributed by atoms with Gasteiger partial charge in [0.2, 0.25) is 0 Å². The molecule has 1 aromatic carbocycles. The van der Waals surface area contributed by atoms with Crippen LogP contribution in [0.4, 0.5) is 0 Å². The predicted molar refractivity (Wildman–Crippen MR) is 65.3 cm³/mol. The van der Waals surface area contributed by atoms with E-state index >= 15 is 0 Å². The summed E-state index contributed by atoms with van der Waals surface area (Å²) in [6.07, 6.45) is 0.819. The normalized spacial score (nSPS) is 10.2. The number of rotatable bonds is 6. The minimum absolute atomic E-state index is 0.0912. The summed E-state index contributed by atoms with van der Waals surface area (Å²) in [5.41, 5.74) is 0.0912. The first kappa shape index (κ1) is 13.3.